The lowest BCUT2D eigenvalue weighted by atomic mass is 9.92. The maximum Gasteiger partial charge on any atom is 0.288 e. The van der Waals surface area contributed by atoms with Crippen LogP contribution < -0.4 is 15.6 Å². The van der Waals surface area contributed by atoms with Crippen LogP contribution in [-0.4, -0.2) is 42.4 Å². The molecule has 12 heteroatoms. The lowest BCUT2D eigenvalue weighted by Crippen LogP contribution is -2.29. The van der Waals surface area contributed by atoms with Gasteiger partial charge in [0.1, 0.15) is 17.5 Å². The first kappa shape index (κ1) is 18.4. The van der Waals surface area contributed by atoms with Gasteiger partial charge >= 0.3 is 0 Å². The van der Waals surface area contributed by atoms with Gasteiger partial charge in [0.25, 0.3) is 11.2 Å². The number of nitro benzene ring substituents is 1. The van der Waals surface area contributed by atoms with Gasteiger partial charge in [0.05, 0.1) is 17.7 Å². The molecule has 0 bridgehead atoms. The van der Waals surface area contributed by atoms with Crippen LogP contribution in [0.5, 0.6) is 5.75 Å². The van der Waals surface area contributed by atoms with Gasteiger partial charge < -0.3 is 10.1 Å². The first-order valence-electron chi connectivity index (χ1n) is 9.13. The van der Waals surface area contributed by atoms with E-state index in [0.717, 1.165) is 0 Å². The number of nitrogens with zero attached hydrogens (tertiary/aromatic N) is 6. The molecule has 2 aromatic heterocycles. The van der Waals surface area contributed by atoms with Gasteiger partial charge in [-0.1, -0.05) is 17.2 Å². The van der Waals surface area contributed by atoms with Crippen LogP contribution in [0.3, 0.4) is 0 Å². The lowest BCUT2D eigenvalue weighted by molar-refractivity contribution is -0.384. The predicted molar refractivity (Wildman–Crippen MR) is 108 cm³/mol. The SMILES string of the molecule is COc1cccc(-c2n[nH]c(=O)c3c2[C@@H](c2ccc([N+](=O)[O-])cc2)n2nnnc2N3)c1. The molecule has 5 rings (SSSR count). The summed E-state index contributed by atoms with van der Waals surface area (Å²) in [5, 5.41) is 32.5. The zero-order chi connectivity index (χ0) is 21.5. The number of H-pyrrole nitrogens is 1. The molecule has 0 radical (unpaired) electrons. The molecular weight excluding hydrogens is 404 g/mol. The molecule has 2 N–H and O–H groups in total. The van der Waals surface area contributed by atoms with Crippen molar-refractivity contribution in [3.8, 4) is 17.0 Å². The average molecular weight is 418 g/mol. The zero-order valence-electron chi connectivity index (χ0n) is 16.0. The zero-order valence-corrected chi connectivity index (χ0v) is 16.0. The number of nitro groups is 1. The number of benzene rings is 2. The van der Waals surface area contributed by atoms with E-state index in [2.05, 4.69) is 31.0 Å². The number of tetrazole rings is 1. The minimum absolute atomic E-state index is 0.0492. The van der Waals surface area contributed by atoms with E-state index in [9.17, 15) is 14.9 Å². The molecule has 2 aromatic carbocycles. The lowest BCUT2D eigenvalue weighted by Gasteiger charge is -2.27. The molecule has 31 heavy (non-hydrogen) atoms. The number of hydrogen-bond acceptors (Lipinski definition) is 9. The summed E-state index contributed by atoms with van der Waals surface area (Å²) >= 11 is 0. The third kappa shape index (κ3) is 2.97. The Kier molecular flexibility index (Phi) is 4.17. The summed E-state index contributed by atoms with van der Waals surface area (Å²) in [6, 6.07) is 12.6. The van der Waals surface area contributed by atoms with E-state index in [1.54, 1.807) is 31.4 Å². The van der Waals surface area contributed by atoms with Crippen LogP contribution in [0.1, 0.15) is 17.2 Å². The van der Waals surface area contributed by atoms with Crippen molar-refractivity contribution < 1.29 is 9.66 Å². The number of rotatable bonds is 4. The number of aromatic nitrogens is 6. The number of aromatic amines is 1. The number of methoxy groups -OCH3 is 1. The molecule has 0 saturated carbocycles. The summed E-state index contributed by atoms with van der Waals surface area (Å²) in [4.78, 5) is 23.3. The highest BCUT2D eigenvalue weighted by molar-refractivity contribution is 5.76. The van der Waals surface area contributed by atoms with E-state index in [1.165, 1.54) is 16.8 Å². The number of fused-ring (bicyclic) bond motifs is 2. The highest BCUT2D eigenvalue weighted by Crippen LogP contribution is 2.41. The average Bonchev–Trinajstić information content (AvgIpc) is 3.26. The van der Waals surface area contributed by atoms with Crippen LogP contribution in [0.25, 0.3) is 11.3 Å². The van der Waals surface area contributed by atoms with Crippen molar-refractivity contribution in [3.63, 3.8) is 0 Å². The quantitative estimate of drug-likeness (QED) is 0.329. The van der Waals surface area contributed by atoms with Gasteiger partial charge in [0.2, 0.25) is 5.95 Å². The van der Waals surface area contributed by atoms with Crippen LogP contribution in [0.2, 0.25) is 0 Å². The van der Waals surface area contributed by atoms with Crippen LogP contribution in [-0.2, 0) is 0 Å². The minimum Gasteiger partial charge on any atom is -0.497 e. The van der Waals surface area contributed by atoms with Crippen LogP contribution in [0, 0.1) is 10.1 Å². The minimum atomic E-state index is -0.641. The summed E-state index contributed by atoms with van der Waals surface area (Å²) in [6.45, 7) is 0. The topological polar surface area (TPSA) is 154 Å². The molecule has 0 aliphatic carbocycles. The van der Waals surface area contributed by atoms with Gasteiger partial charge in [-0.05, 0) is 40.3 Å². The summed E-state index contributed by atoms with van der Waals surface area (Å²) in [7, 11) is 1.56. The molecule has 0 amide bonds. The first-order valence-corrected chi connectivity index (χ1v) is 9.13. The maximum atomic E-state index is 12.7. The second-order valence-corrected chi connectivity index (χ2v) is 6.75. The number of hydrogen-bond donors (Lipinski definition) is 2. The van der Waals surface area contributed by atoms with Crippen molar-refractivity contribution in [1.29, 1.82) is 0 Å². The largest absolute Gasteiger partial charge is 0.497 e. The van der Waals surface area contributed by atoms with E-state index in [1.807, 2.05) is 12.1 Å². The van der Waals surface area contributed by atoms with Gasteiger partial charge in [-0.15, -0.1) is 0 Å². The molecule has 1 atom stereocenters. The number of nitrogens with one attached hydrogen (secondary N) is 2. The fourth-order valence-corrected chi connectivity index (χ4v) is 3.61. The molecule has 0 saturated heterocycles. The number of anilines is 2. The molecule has 0 fully saturated rings. The van der Waals surface area contributed by atoms with Crippen LogP contribution in [0.15, 0.2) is 53.3 Å². The Morgan fingerprint density at radius 2 is 2.00 bits per heavy atom. The summed E-state index contributed by atoms with van der Waals surface area (Å²) in [6.07, 6.45) is 0. The van der Waals surface area contributed by atoms with E-state index in [4.69, 9.17) is 4.74 Å². The van der Waals surface area contributed by atoms with Crippen LogP contribution >= 0.6 is 0 Å². The Hall–Kier alpha value is -4.61. The van der Waals surface area contributed by atoms with Gasteiger partial charge in [-0.25, -0.2) is 5.10 Å². The van der Waals surface area contributed by atoms with E-state index >= 15 is 0 Å². The number of non-ortho nitro benzene ring substituents is 1. The smallest absolute Gasteiger partial charge is 0.288 e. The molecule has 0 unspecified atom stereocenters. The van der Waals surface area contributed by atoms with E-state index in [-0.39, 0.29) is 17.3 Å². The first-order chi connectivity index (χ1) is 15.1. The van der Waals surface area contributed by atoms with E-state index in [0.29, 0.717) is 28.1 Å². The fraction of sp³-hybridized carbons (Fsp3) is 0.105. The molecule has 1 aliphatic rings. The van der Waals surface area contributed by atoms with Crippen molar-refractivity contribution >= 4 is 17.3 Å². The molecule has 3 heterocycles. The molecule has 1 aliphatic heterocycles. The van der Waals surface area contributed by atoms with Crippen molar-refractivity contribution in [3.05, 3.63) is 80.1 Å². The Labute approximate surface area is 173 Å². The molecule has 0 spiro atoms. The highest BCUT2D eigenvalue weighted by Gasteiger charge is 2.34. The van der Waals surface area contributed by atoms with Crippen molar-refractivity contribution in [1.82, 2.24) is 30.4 Å². The second-order valence-electron chi connectivity index (χ2n) is 6.75. The summed E-state index contributed by atoms with van der Waals surface area (Å²) in [5.41, 5.74) is 2.14. The fourth-order valence-electron chi connectivity index (χ4n) is 3.61. The van der Waals surface area contributed by atoms with Crippen LogP contribution in [0.4, 0.5) is 17.3 Å². The van der Waals surface area contributed by atoms with Crippen molar-refractivity contribution in [2.45, 2.75) is 6.04 Å². The Morgan fingerprint density at radius 3 is 2.74 bits per heavy atom. The normalized spacial score (nSPS) is 14.3. The third-order valence-electron chi connectivity index (χ3n) is 5.03. The molecule has 4 aromatic rings. The standard InChI is InChI=1S/C19H14N8O4/c1-31-13-4-2-3-11(9-13)15-14-16(18(28)22-21-15)20-19-23-24-25-26(19)17(14)10-5-7-12(8-6-10)27(29)30/h2-9,17H,1H3,(H,22,28)(H,20,23,25)/t17-/m1/s1. The monoisotopic (exact) mass is 418 g/mol. The van der Waals surface area contributed by atoms with Gasteiger partial charge in [-0.3, -0.25) is 14.9 Å². The van der Waals surface area contributed by atoms with Crippen molar-refractivity contribution in [2.24, 2.45) is 0 Å². The Balaban J connectivity index is 1.77. The van der Waals surface area contributed by atoms with Gasteiger partial charge in [-0.2, -0.15) is 9.78 Å². The summed E-state index contributed by atoms with van der Waals surface area (Å²) in [5.74, 6) is 0.891. The van der Waals surface area contributed by atoms with Gasteiger partial charge in [0, 0.05) is 23.3 Å². The molecule has 12 nitrogen and oxygen atoms in total. The number of ether oxygens (including phenoxy) is 1. The molecular formula is C19H14N8O4. The Bertz CT molecular complexity index is 1360. The molecule has 154 valence electrons. The highest BCUT2D eigenvalue weighted by atomic mass is 16.6. The summed E-state index contributed by atoms with van der Waals surface area (Å²) < 4.78 is 6.83. The second kappa shape index (κ2) is 7.02. The Morgan fingerprint density at radius 1 is 1.19 bits per heavy atom. The predicted octanol–water partition coefficient (Wildman–Crippen LogP) is 2.03. The third-order valence-corrected chi connectivity index (χ3v) is 5.03. The van der Waals surface area contributed by atoms with Crippen molar-refractivity contribution in [2.75, 3.05) is 12.4 Å². The van der Waals surface area contributed by atoms with E-state index < -0.39 is 16.5 Å². The maximum absolute atomic E-state index is 12.7. The van der Waals surface area contributed by atoms with Gasteiger partial charge in [0.15, 0.2) is 0 Å².